The van der Waals surface area contributed by atoms with Crippen molar-refractivity contribution < 1.29 is 4.79 Å². The highest BCUT2D eigenvalue weighted by atomic mass is 79.9. The summed E-state index contributed by atoms with van der Waals surface area (Å²) in [5, 5.41) is 3.15. The lowest BCUT2D eigenvalue weighted by molar-refractivity contribution is -0.128. The summed E-state index contributed by atoms with van der Waals surface area (Å²) >= 11 is 6.82. The third-order valence-electron chi connectivity index (χ3n) is 4.98. The maximum atomic E-state index is 12.7. The molecule has 146 valence electrons. The Hall–Kier alpha value is -1.64. The van der Waals surface area contributed by atoms with E-state index in [-0.39, 0.29) is 5.91 Å². The van der Waals surface area contributed by atoms with Crippen LogP contribution in [0.1, 0.15) is 11.1 Å². The van der Waals surface area contributed by atoms with E-state index in [2.05, 4.69) is 62.8 Å². The van der Waals surface area contributed by atoms with Crippen LogP contribution in [0.15, 0.2) is 39.3 Å². The van der Waals surface area contributed by atoms with Gasteiger partial charge in [0.2, 0.25) is 5.91 Å². The Kier molecular flexibility index (Phi) is 5.89. The quantitative estimate of drug-likeness (QED) is 0.518. The molecule has 1 fully saturated rings. The molecule has 0 bridgehead atoms. The van der Waals surface area contributed by atoms with Gasteiger partial charge in [-0.2, -0.15) is 0 Å². The molecule has 0 atom stereocenters. The largest absolute Gasteiger partial charge is 0.352 e. The first-order chi connectivity index (χ1) is 13.5. The van der Waals surface area contributed by atoms with Gasteiger partial charge in [0.1, 0.15) is 17.0 Å². The number of thiophene rings is 1. The fourth-order valence-corrected chi connectivity index (χ4v) is 5.53. The number of rotatable bonds is 4. The molecular weight excluding hydrogens is 456 g/mol. The number of thioether (sulfide) groups is 1. The lowest BCUT2D eigenvalue weighted by Gasteiger charge is -2.35. The molecule has 1 aromatic carbocycles. The van der Waals surface area contributed by atoms with Crippen molar-refractivity contribution in [1.29, 1.82) is 0 Å². The first kappa shape index (κ1) is 19.7. The van der Waals surface area contributed by atoms with E-state index >= 15 is 0 Å². The average Bonchev–Trinajstić information content (AvgIpc) is 3.18. The Morgan fingerprint density at radius 3 is 2.75 bits per heavy atom. The maximum Gasteiger partial charge on any atom is 0.233 e. The molecule has 3 aromatic rings. The summed E-state index contributed by atoms with van der Waals surface area (Å²) in [6, 6.07) is 6.34. The van der Waals surface area contributed by atoms with Gasteiger partial charge >= 0.3 is 0 Å². The molecule has 2 aromatic heterocycles. The minimum Gasteiger partial charge on any atom is -0.352 e. The van der Waals surface area contributed by atoms with E-state index in [4.69, 9.17) is 0 Å². The lowest BCUT2D eigenvalue weighted by atomic mass is 10.2. The highest BCUT2D eigenvalue weighted by Gasteiger charge is 2.23. The van der Waals surface area contributed by atoms with Crippen LogP contribution < -0.4 is 4.90 Å². The number of anilines is 1. The van der Waals surface area contributed by atoms with Crippen molar-refractivity contribution in [1.82, 2.24) is 14.9 Å². The Balaban J connectivity index is 1.35. The van der Waals surface area contributed by atoms with Crippen LogP contribution in [0.25, 0.3) is 10.2 Å². The Bertz CT molecular complexity index is 1010. The minimum absolute atomic E-state index is 0.202. The smallest absolute Gasteiger partial charge is 0.233 e. The van der Waals surface area contributed by atoms with Gasteiger partial charge in [0.05, 0.1) is 11.1 Å². The number of piperazine rings is 1. The predicted molar refractivity (Wildman–Crippen MR) is 121 cm³/mol. The molecule has 1 amide bonds. The fourth-order valence-electron chi connectivity index (χ4n) is 3.34. The summed E-state index contributed by atoms with van der Waals surface area (Å²) in [7, 11) is 0. The van der Waals surface area contributed by atoms with Gasteiger partial charge < -0.3 is 9.80 Å². The second-order valence-electron chi connectivity index (χ2n) is 6.86. The van der Waals surface area contributed by atoms with Crippen LogP contribution in [0.4, 0.5) is 5.82 Å². The van der Waals surface area contributed by atoms with Gasteiger partial charge in [0.15, 0.2) is 0 Å². The summed E-state index contributed by atoms with van der Waals surface area (Å²) in [4.78, 5) is 27.9. The van der Waals surface area contributed by atoms with E-state index in [1.165, 1.54) is 16.0 Å². The first-order valence-electron chi connectivity index (χ1n) is 9.13. The van der Waals surface area contributed by atoms with Crippen molar-refractivity contribution >= 4 is 61.0 Å². The molecule has 0 radical (unpaired) electrons. The highest BCUT2D eigenvalue weighted by Crippen LogP contribution is 2.29. The normalized spacial score (nSPS) is 14.7. The molecule has 0 saturated carbocycles. The molecule has 0 N–H and O–H groups in total. The van der Waals surface area contributed by atoms with Gasteiger partial charge in [0, 0.05) is 35.5 Å². The molecule has 28 heavy (non-hydrogen) atoms. The van der Waals surface area contributed by atoms with E-state index in [1.54, 1.807) is 29.4 Å². The van der Waals surface area contributed by atoms with E-state index in [1.807, 2.05) is 10.3 Å². The predicted octanol–water partition coefficient (Wildman–Crippen LogP) is 4.51. The Morgan fingerprint density at radius 1 is 1.18 bits per heavy atom. The number of aryl methyl sites for hydroxylation is 2. The molecule has 1 aliphatic rings. The highest BCUT2D eigenvalue weighted by molar-refractivity contribution is 9.10. The molecule has 1 saturated heterocycles. The zero-order valence-corrected chi connectivity index (χ0v) is 19.0. The van der Waals surface area contributed by atoms with Gasteiger partial charge in [-0.1, -0.05) is 15.9 Å². The Labute approximate surface area is 181 Å². The number of nitrogens with zero attached hydrogens (tertiary/aromatic N) is 4. The number of aromatic nitrogens is 2. The standard InChI is InChI=1S/C20H21BrN4OS2/c1-13-10-17(14(2)9-16(13)21)28-11-18(26)24-4-6-25(7-5-24)19-15-3-8-27-20(15)23-12-22-19/h3,8-10,12H,4-7,11H2,1-2H3. The third-order valence-corrected chi connectivity index (χ3v) is 7.80. The zero-order valence-electron chi connectivity index (χ0n) is 15.8. The van der Waals surface area contributed by atoms with Gasteiger partial charge in [-0.25, -0.2) is 9.97 Å². The number of hydrogen-bond donors (Lipinski definition) is 0. The molecule has 0 aliphatic carbocycles. The molecule has 4 rings (SSSR count). The fraction of sp³-hybridized carbons (Fsp3) is 0.350. The third kappa shape index (κ3) is 4.04. The summed E-state index contributed by atoms with van der Waals surface area (Å²) in [5.41, 5.74) is 2.39. The molecule has 0 unspecified atom stereocenters. The Morgan fingerprint density at radius 2 is 1.96 bits per heavy atom. The van der Waals surface area contributed by atoms with Crippen LogP contribution in [-0.4, -0.2) is 52.7 Å². The minimum atomic E-state index is 0.202. The van der Waals surface area contributed by atoms with Crippen LogP contribution in [-0.2, 0) is 4.79 Å². The van der Waals surface area contributed by atoms with Crippen molar-refractivity contribution in [3.63, 3.8) is 0 Å². The second kappa shape index (κ2) is 8.39. The number of carbonyl (C=O) groups is 1. The van der Waals surface area contributed by atoms with E-state index < -0.39 is 0 Å². The number of fused-ring (bicyclic) bond motifs is 1. The van der Waals surface area contributed by atoms with Gasteiger partial charge in [-0.15, -0.1) is 23.1 Å². The zero-order chi connectivity index (χ0) is 19.7. The summed E-state index contributed by atoms with van der Waals surface area (Å²) in [6.45, 7) is 7.22. The number of benzene rings is 1. The average molecular weight is 477 g/mol. The number of halogens is 1. The van der Waals surface area contributed by atoms with Crippen molar-refractivity contribution in [3.05, 3.63) is 45.5 Å². The topological polar surface area (TPSA) is 49.3 Å². The van der Waals surface area contributed by atoms with Crippen LogP contribution in [0.2, 0.25) is 0 Å². The van der Waals surface area contributed by atoms with Gasteiger partial charge in [-0.05, 0) is 48.6 Å². The van der Waals surface area contributed by atoms with Crippen LogP contribution in [0, 0.1) is 13.8 Å². The van der Waals surface area contributed by atoms with Crippen LogP contribution >= 0.6 is 39.0 Å². The van der Waals surface area contributed by atoms with Crippen molar-refractivity contribution in [3.8, 4) is 0 Å². The second-order valence-corrected chi connectivity index (χ2v) is 9.63. The first-order valence-corrected chi connectivity index (χ1v) is 11.8. The number of hydrogen-bond acceptors (Lipinski definition) is 6. The van der Waals surface area contributed by atoms with E-state index in [0.29, 0.717) is 5.75 Å². The summed E-state index contributed by atoms with van der Waals surface area (Å²) < 4.78 is 1.11. The molecule has 3 heterocycles. The van der Waals surface area contributed by atoms with Crippen molar-refractivity contribution in [2.45, 2.75) is 18.7 Å². The van der Waals surface area contributed by atoms with E-state index in [0.717, 1.165) is 46.7 Å². The van der Waals surface area contributed by atoms with Gasteiger partial charge in [0.25, 0.3) is 0 Å². The number of amides is 1. The number of carbonyl (C=O) groups excluding carboxylic acids is 1. The lowest BCUT2D eigenvalue weighted by Crippen LogP contribution is -2.49. The van der Waals surface area contributed by atoms with Crippen LogP contribution in [0.3, 0.4) is 0 Å². The molecule has 1 aliphatic heterocycles. The molecule has 5 nitrogen and oxygen atoms in total. The maximum absolute atomic E-state index is 12.7. The van der Waals surface area contributed by atoms with Gasteiger partial charge in [-0.3, -0.25) is 4.79 Å². The van der Waals surface area contributed by atoms with Crippen molar-refractivity contribution in [2.24, 2.45) is 0 Å². The SMILES string of the molecule is Cc1cc(SCC(=O)N2CCN(c3ncnc4sccc34)CC2)c(C)cc1Br. The molecule has 0 spiro atoms. The monoisotopic (exact) mass is 476 g/mol. The molecular formula is C20H21BrN4OS2. The summed E-state index contributed by atoms with van der Waals surface area (Å²) in [5.74, 6) is 1.66. The molecule has 8 heteroatoms. The van der Waals surface area contributed by atoms with Crippen LogP contribution in [0.5, 0.6) is 0 Å². The van der Waals surface area contributed by atoms with Crippen molar-refractivity contribution in [2.75, 3.05) is 36.8 Å². The summed E-state index contributed by atoms with van der Waals surface area (Å²) in [6.07, 6.45) is 1.63. The van der Waals surface area contributed by atoms with E-state index in [9.17, 15) is 4.79 Å².